The molecule has 2 rings (SSSR count). The highest BCUT2D eigenvalue weighted by molar-refractivity contribution is 9.10. The maximum atomic E-state index is 11.6. The number of nitrogens with two attached hydrogens (primary N) is 1. The number of carbonyl (C=O) groups excluding carboxylic acids is 1. The summed E-state index contributed by atoms with van der Waals surface area (Å²) in [6, 6.07) is -0.263. The third kappa shape index (κ3) is 2.18. The van der Waals surface area contributed by atoms with Crippen LogP contribution < -0.4 is 21.5 Å². The number of nitrogens with zero attached hydrogens (tertiary/aromatic N) is 3. The smallest absolute Gasteiger partial charge is 0.242 e. The average molecular weight is 301 g/mol. The van der Waals surface area contributed by atoms with Gasteiger partial charge >= 0.3 is 0 Å². The maximum absolute atomic E-state index is 11.6. The van der Waals surface area contributed by atoms with Gasteiger partial charge in [-0.1, -0.05) is 0 Å². The zero-order valence-corrected chi connectivity index (χ0v) is 10.9. The summed E-state index contributed by atoms with van der Waals surface area (Å²) < 4.78 is 0.657. The molecule has 1 aromatic heterocycles. The highest BCUT2D eigenvalue weighted by atomic mass is 79.9. The Kier molecular flexibility index (Phi) is 3.43. The molecule has 0 saturated carbocycles. The SMILES string of the molecule is CC1C(=O)NCCN1c1ncnc(NN)c1Br. The van der Waals surface area contributed by atoms with Gasteiger partial charge < -0.3 is 15.6 Å². The Labute approximate surface area is 107 Å². The zero-order valence-electron chi connectivity index (χ0n) is 9.27. The second-order valence-electron chi connectivity index (χ2n) is 3.66. The van der Waals surface area contributed by atoms with Crippen LogP contribution in [0.2, 0.25) is 0 Å². The summed E-state index contributed by atoms with van der Waals surface area (Å²) in [5, 5.41) is 2.80. The standard InChI is InChI=1S/C9H13BrN6O/c1-5-9(17)12-2-3-16(5)8-6(10)7(15-11)13-4-14-8/h4-5H,2-3,11H2,1H3,(H,12,17)(H,13,14,15). The molecule has 1 amide bonds. The monoisotopic (exact) mass is 300 g/mol. The first-order valence-electron chi connectivity index (χ1n) is 5.16. The Balaban J connectivity index is 2.36. The lowest BCUT2D eigenvalue weighted by Crippen LogP contribution is -2.54. The van der Waals surface area contributed by atoms with Crippen molar-refractivity contribution in [1.82, 2.24) is 15.3 Å². The number of hydrogen-bond acceptors (Lipinski definition) is 6. The van der Waals surface area contributed by atoms with Crippen LogP contribution in [0.15, 0.2) is 10.8 Å². The van der Waals surface area contributed by atoms with Crippen LogP contribution in [-0.2, 0) is 4.79 Å². The number of halogens is 1. The van der Waals surface area contributed by atoms with Gasteiger partial charge in [0, 0.05) is 13.1 Å². The number of aromatic nitrogens is 2. The number of nitrogen functional groups attached to an aromatic ring is 1. The van der Waals surface area contributed by atoms with E-state index in [1.54, 1.807) is 0 Å². The molecule has 0 radical (unpaired) electrons. The number of piperazine rings is 1. The summed E-state index contributed by atoms with van der Waals surface area (Å²) in [6.45, 7) is 3.14. The van der Waals surface area contributed by atoms with Crippen molar-refractivity contribution in [3.63, 3.8) is 0 Å². The van der Waals surface area contributed by atoms with Gasteiger partial charge in [-0.25, -0.2) is 15.8 Å². The van der Waals surface area contributed by atoms with Gasteiger partial charge in [0.2, 0.25) is 5.91 Å². The van der Waals surface area contributed by atoms with Crippen LogP contribution in [0, 0.1) is 0 Å². The number of nitrogens with one attached hydrogen (secondary N) is 2. The number of rotatable bonds is 2. The quantitative estimate of drug-likeness (QED) is 0.519. The van der Waals surface area contributed by atoms with E-state index in [0.29, 0.717) is 29.2 Å². The number of carbonyl (C=O) groups is 1. The molecule has 4 N–H and O–H groups in total. The first-order valence-corrected chi connectivity index (χ1v) is 5.96. The van der Waals surface area contributed by atoms with E-state index in [0.717, 1.165) is 0 Å². The Morgan fingerprint density at radius 3 is 3.12 bits per heavy atom. The van der Waals surface area contributed by atoms with Crippen LogP contribution in [0.4, 0.5) is 11.6 Å². The molecule has 17 heavy (non-hydrogen) atoms. The molecule has 7 nitrogen and oxygen atoms in total. The van der Waals surface area contributed by atoms with Gasteiger partial charge in [0.25, 0.3) is 0 Å². The molecule has 1 aromatic rings. The van der Waals surface area contributed by atoms with Crippen LogP contribution in [0.5, 0.6) is 0 Å². The van der Waals surface area contributed by atoms with Gasteiger partial charge in [-0.05, 0) is 22.9 Å². The van der Waals surface area contributed by atoms with Crippen molar-refractivity contribution in [3.8, 4) is 0 Å². The lowest BCUT2D eigenvalue weighted by Gasteiger charge is -2.34. The van der Waals surface area contributed by atoms with Crippen LogP contribution in [-0.4, -0.2) is 35.0 Å². The van der Waals surface area contributed by atoms with Crippen molar-refractivity contribution in [2.45, 2.75) is 13.0 Å². The molecule has 92 valence electrons. The Morgan fingerprint density at radius 2 is 2.41 bits per heavy atom. The molecular weight excluding hydrogens is 288 g/mol. The van der Waals surface area contributed by atoms with E-state index in [2.05, 4.69) is 36.6 Å². The fourth-order valence-electron chi connectivity index (χ4n) is 1.73. The Hall–Kier alpha value is -1.41. The molecule has 1 fully saturated rings. The van der Waals surface area contributed by atoms with Crippen molar-refractivity contribution in [1.29, 1.82) is 0 Å². The van der Waals surface area contributed by atoms with Gasteiger partial charge in [0.1, 0.15) is 22.7 Å². The van der Waals surface area contributed by atoms with Crippen LogP contribution in [0.1, 0.15) is 6.92 Å². The molecule has 1 unspecified atom stereocenters. The summed E-state index contributed by atoms with van der Waals surface area (Å²) in [4.78, 5) is 21.7. The molecule has 0 spiro atoms. The predicted octanol–water partition coefficient (Wildman–Crippen LogP) is -0.151. The van der Waals surface area contributed by atoms with Crippen molar-refractivity contribution < 1.29 is 4.79 Å². The molecule has 2 heterocycles. The molecule has 0 aromatic carbocycles. The molecule has 0 aliphatic carbocycles. The lowest BCUT2D eigenvalue weighted by molar-refractivity contribution is -0.122. The van der Waals surface area contributed by atoms with E-state index in [9.17, 15) is 4.79 Å². The van der Waals surface area contributed by atoms with Crippen LogP contribution >= 0.6 is 15.9 Å². The topological polar surface area (TPSA) is 96.2 Å². The van der Waals surface area contributed by atoms with Crippen LogP contribution in [0.3, 0.4) is 0 Å². The van der Waals surface area contributed by atoms with E-state index in [4.69, 9.17) is 5.84 Å². The molecule has 1 saturated heterocycles. The highest BCUT2D eigenvalue weighted by Gasteiger charge is 2.28. The second-order valence-corrected chi connectivity index (χ2v) is 4.46. The average Bonchev–Trinajstić information content (AvgIpc) is 2.33. The van der Waals surface area contributed by atoms with Crippen molar-refractivity contribution >= 4 is 33.5 Å². The fraction of sp³-hybridized carbons (Fsp3) is 0.444. The minimum atomic E-state index is -0.263. The summed E-state index contributed by atoms with van der Waals surface area (Å²) >= 11 is 3.38. The Bertz CT molecular complexity index is 439. The number of hydrazine groups is 1. The van der Waals surface area contributed by atoms with E-state index >= 15 is 0 Å². The van der Waals surface area contributed by atoms with Crippen LogP contribution in [0.25, 0.3) is 0 Å². The largest absolute Gasteiger partial charge is 0.353 e. The molecule has 0 bridgehead atoms. The van der Waals surface area contributed by atoms with Gasteiger partial charge in [0.15, 0.2) is 5.82 Å². The third-order valence-electron chi connectivity index (χ3n) is 2.68. The van der Waals surface area contributed by atoms with Gasteiger partial charge in [-0.2, -0.15) is 0 Å². The molecule has 1 aliphatic rings. The highest BCUT2D eigenvalue weighted by Crippen LogP contribution is 2.30. The summed E-state index contributed by atoms with van der Waals surface area (Å²) in [6.07, 6.45) is 1.41. The van der Waals surface area contributed by atoms with Gasteiger partial charge in [-0.3, -0.25) is 4.79 Å². The number of amides is 1. The first kappa shape index (κ1) is 12.1. The molecular formula is C9H13BrN6O. The predicted molar refractivity (Wildman–Crippen MR) is 67.4 cm³/mol. The van der Waals surface area contributed by atoms with E-state index in [1.807, 2.05) is 11.8 Å². The maximum Gasteiger partial charge on any atom is 0.242 e. The molecule has 1 atom stereocenters. The van der Waals surface area contributed by atoms with E-state index < -0.39 is 0 Å². The summed E-state index contributed by atoms with van der Waals surface area (Å²) in [5.41, 5.74) is 2.48. The summed E-state index contributed by atoms with van der Waals surface area (Å²) in [5.74, 6) is 6.49. The minimum absolute atomic E-state index is 0.0102. The lowest BCUT2D eigenvalue weighted by atomic mass is 10.2. The number of anilines is 2. The number of hydrogen-bond donors (Lipinski definition) is 3. The summed E-state index contributed by atoms with van der Waals surface area (Å²) in [7, 11) is 0. The fourth-order valence-corrected chi connectivity index (χ4v) is 2.28. The van der Waals surface area contributed by atoms with Crippen molar-refractivity contribution in [2.75, 3.05) is 23.4 Å². The first-order chi connectivity index (χ1) is 8.15. The molecule has 8 heteroatoms. The van der Waals surface area contributed by atoms with Gasteiger partial charge in [-0.15, -0.1) is 0 Å². The molecule has 1 aliphatic heterocycles. The van der Waals surface area contributed by atoms with Crippen molar-refractivity contribution in [2.24, 2.45) is 5.84 Å². The normalized spacial score (nSPS) is 20.1. The van der Waals surface area contributed by atoms with E-state index in [-0.39, 0.29) is 11.9 Å². The minimum Gasteiger partial charge on any atom is -0.353 e. The Morgan fingerprint density at radius 1 is 1.65 bits per heavy atom. The van der Waals surface area contributed by atoms with E-state index in [1.165, 1.54) is 6.33 Å². The second kappa shape index (κ2) is 4.84. The zero-order chi connectivity index (χ0) is 12.4. The third-order valence-corrected chi connectivity index (χ3v) is 3.41. The van der Waals surface area contributed by atoms with Crippen molar-refractivity contribution in [3.05, 3.63) is 10.8 Å². The van der Waals surface area contributed by atoms with Gasteiger partial charge in [0.05, 0.1) is 0 Å².